The van der Waals surface area contributed by atoms with Gasteiger partial charge in [0.1, 0.15) is 5.82 Å². The number of nitrogens with zero attached hydrogens (tertiary/aromatic N) is 1. The fourth-order valence-corrected chi connectivity index (χ4v) is 2.87. The van der Waals surface area contributed by atoms with Crippen LogP contribution in [0.2, 0.25) is 0 Å². The average Bonchev–Trinajstić information content (AvgIpc) is 2.39. The minimum absolute atomic E-state index is 0.253. The van der Waals surface area contributed by atoms with Crippen LogP contribution in [-0.2, 0) is 6.54 Å². The number of halogens is 1. The first-order valence-corrected chi connectivity index (χ1v) is 6.98. The van der Waals surface area contributed by atoms with E-state index in [2.05, 4.69) is 11.8 Å². The fraction of sp³-hybridized carbons (Fsp3) is 0.600. The summed E-state index contributed by atoms with van der Waals surface area (Å²) in [7, 11) is 0. The summed E-state index contributed by atoms with van der Waals surface area (Å²) in [4.78, 5) is 2.47. The van der Waals surface area contributed by atoms with Crippen LogP contribution in [0.25, 0.3) is 0 Å². The number of benzene rings is 1. The van der Waals surface area contributed by atoms with E-state index in [1.807, 2.05) is 6.07 Å². The van der Waals surface area contributed by atoms with Gasteiger partial charge in [-0.2, -0.15) is 0 Å². The summed E-state index contributed by atoms with van der Waals surface area (Å²) in [5, 5.41) is 0. The summed E-state index contributed by atoms with van der Waals surface area (Å²) >= 11 is 0. The Balaban J connectivity index is 2.04. The lowest BCUT2D eigenvalue weighted by molar-refractivity contribution is 0.156. The Morgan fingerprint density at radius 2 is 2.00 bits per heavy atom. The van der Waals surface area contributed by atoms with E-state index in [1.54, 1.807) is 0 Å². The minimum Gasteiger partial charge on any atom is -0.398 e. The topological polar surface area (TPSA) is 29.3 Å². The van der Waals surface area contributed by atoms with Crippen LogP contribution in [-0.4, -0.2) is 17.5 Å². The number of nitrogens with two attached hydrogens (primary N) is 1. The van der Waals surface area contributed by atoms with Crippen molar-refractivity contribution in [3.05, 3.63) is 29.6 Å². The largest absolute Gasteiger partial charge is 0.398 e. The Morgan fingerprint density at radius 3 is 2.61 bits per heavy atom. The van der Waals surface area contributed by atoms with Gasteiger partial charge in [-0.3, -0.25) is 4.90 Å². The number of anilines is 1. The van der Waals surface area contributed by atoms with Crippen LogP contribution in [0.3, 0.4) is 0 Å². The molecule has 0 aromatic heterocycles. The second-order valence-corrected chi connectivity index (χ2v) is 5.20. The molecule has 2 rings (SSSR count). The zero-order chi connectivity index (χ0) is 13.0. The maximum absolute atomic E-state index is 13.0. The summed E-state index contributed by atoms with van der Waals surface area (Å²) in [6.07, 6.45) is 6.61. The molecule has 0 spiro atoms. The van der Waals surface area contributed by atoms with Crippen LogP contribution in [0.4, 0.5) is 10.1 Å². The molecule has 0 bridgehead atoms. The molecule has 1 aromatic carbocycles. The van der Waals surface area contributed by atoms with Gasteiger partial charge in [0.05, 0.1) is 0 Å². The highest BCUT2D eigenvalue weighted by Crippen LogP contribution is 2.25. The molecule has 0 radical (unpaired) electrons. The summed E-state index contributed by atoms with van der Waals surface area (Å²) in [5.74, 6) is -0.253. The van der Waals surface area contributed by atoms with Crippen LogP contribution in [0.1, 0.15) is 44.6 Å². The Kier molecular flexibility index (Phi) is 4.59. The van der Waals surface area contributed by atoms with Gasteiger partial charge in [-0.05, 0) is 37.1 Å². The molecule has 1 aliphatic carbocycles. The minimum atomic E-state index is -0.253. The Bertz CT molecular complexity index is 386. The average molecular weight is 250 g/mol. The van der Waals surface area contributed by atoms with E-state index in [-0.39, 0.29) is 5.82 Å². The number of hydrogen-bond donors (Lipinski definition) is 1. The van der Waals surface area contributed by atoms with Crippen LogP contribution in [0.15, 0.2) is 18.2 Å². The monoisotopic (exact) mass is 250 g/mol. The molecule has 0 atom stereocenters. The van der Waals surface area contributed by atoms with Gasteiger partial charge in [0.25, 0.3) is 0 Å². The zero-order valence-electron chi connectivity index (χ0n) is 11.2. The molecule has 1 saturated carbocycles. The molecule has 2 nitrogen and oxygen atoms in total. The highest BCUT2D eigenvalue weighted by atomic mass is 19.1. The van der Waals surface area contributed by atoms with E-state index >= 15 is 0 Å². The molecule has 0 saturated heterocycles. The highest BCUT2D eigenvalue weighted by molar-refractivity contribution is 5.46. The van der Waals surface area contributed by atoms with Gasteiger partial charge in [0.15, 0.2) is 0 Å². The van der Waals surface area contributed by atoms with E-state index in [0.717, 1.165) is 18.7 Å². The van der Waals surface area contributed by atoms with Gasteiger partial charge in [0, 0.05) is 18.3 Å². The van der Waals surface area contributed by atoms with E-state index in [9.17, 15) is 4.39 Å². The molecular formula is C15H23FN2. The van der Waals surface area contributed by atoms with Gasteiger partial charge in [-0.15, -0.1) is 0 Å². The van der Waals surface area contributed by atoms with Crippen molar-refractivity contribution in [2.75, 3.05) is 12.3 Å². The molecule has 0 heterocycles. The highest BCUT2D eigenvalue weighted by Gasteiger charge is 2.20. The second-order valence-electron chi connectivity index (χ2n) is 5.20. The van der Waals surface area contributed by atoms with Gasteiger partial charge in [-0.25, -0.2) is 4.39 Å². The maximum atomic E-state index is 13.0. The summed E-state index contributed by atoms with van der Waals surface area (Å²) in [6.45, 7) is 4.06. The quantitative estimate of drug-likeness (QED) is 0.828. The van der Waals surface area contributed by atoms with Crippen molar-refractivity contribution in [2.45, 2.75) is 51.6 Å². The Morgan fingerprint density at radius 1 is 1.28 bits per heavy atom. The summed E-state index contributed by atoms with van der Waals surface area (Å²) in [5.41, 5.74) is 7.51. The Labute approximate surface area is 109 Å². The van der Waals surface area contributed by atoms with Crippen molar-refractivity contribution in [1.82, 2.24) is 4.90 Å². The smallest absolute Gasteiger partial charge is 0.125 e. The first-order valence-electron chi connectivity index (χ1n) is 6.98. The first-order chi connectivity index (χ1) is 8.70. The van der Waals surface area contributed by atoms with Crippen molar-refractivity contribution < 1.29 is 4.39 Å². The number of rotatable bonds is 4. The van der Waals surface area contributed by atoms with Crippen molar-refractivity contribution in [3.8, 4) is 0 Å². The predicted octanol–water partition coefficient (Wildman–Crippen LogP) is 3.56. The third kappa shape index (κ3) is 3.22. The molecule has 0 unspecified atom stereocenters. The van der Waals surface area contributed by atoms with Crippen LogP contribution >= 0.6 is 0 Å². The molecular weight excluding hydrogens is 227 g/mol. The van der Waals surface area contributed by atoms with Gasteiger partial charge in [0.2, 0.25) is 0 Å². The summed E-state index contributed by atoms with van der Waals surface area (Å²) < 4.78 is 13.0. The van der Waals surface area contributed by atoms with Crippen LogP contribution in [0, 0.1) is 5.82 Å². The molecule has 18 heavy (non-hydrogen) atoms. The summed E-state index contributed by atoms with van der Waals surface area (Å²) in [6, 6.07) is 5.41. The lowest BCUT2D eigenvalue weighted by Crippen LogP contribution is -2.36. The third-order valence-corrected chi connectivity index (χ3v) is 3.98. The Hall–Kier alpha value is -1.09. The van der Waals surface area contributed by atoms with Crippen molar-refractivity contribution in [2.24, 2.45) is 0 Å². The van der Waals surface area contributed by atoms with E-state index in [4.69, 9.17) is 5.73 Å². The lowest BCUT2D eigenvalue weighted by atomic mass is 9.94. The first kappa shape index (κ1) is 13.3. The van der Waals surface area contributed by atoms with Crippen LogP contribution < -0.4 is 5.73 Å². The molecule has 0 aliphatic heterocycles. The van der Waals surface area contributed by atoms with Gasteiger partial charge in [-0.1, -0.05) is 32.3 Å². The second kappa shape index (κ2) is 6.19. The van der Waals surface area contributed by atoms with Crippen molar-refractivity contribution in [1.29, 1.82) is 0 Å². The molecule has 1 aromatic rings. The van der Waals surface area contributed by atoms with Gasteiger partial charge >= 0.3 is 0 Å². The normalized spacial score (nSPS) is 17.3. The molecule has 1 aliphatic rings. The fourth-order valence-electron chi connectivity index (χ4n) is 2.87. The van der Waals surface area contributed by atoms with E-state index < -0.39 is 0 Å². The standard InChI is InChI=1S/C15H23FN2/c1-2-18(14-6-4-3-5-7-14)11-12-8-9-13(16)10-15(12)17/h8-10,14H,2-7,11,17H2,1H3. The number of nitrogen functional groups attached to an aromatic ring is 1. The zero-order valence-corrected chi connectivity index (χ0v) is 11.2. The number of hydrogen-bond acceptors (Lipinski definition) is 2. The molecule has 3 heteroatoms. The molecule has 2 N–H and O–H groups in total. The van der Waals surface area contributed by atoms with Crippen molar-refractivity contribution >= 4 is 5.69 Å². The van der Waals surface area contributed by atoms with Crippen LogP contribution in [0.5, 0.6) is 0 Å². The lowest BCUT2D eigenvalue weighted by Gasteiger charge is -2.33. The van der Waals surface area contributed by atoms with Gasteiger partial charge < -0.3 is 5.73 Å². The van der Waals surface area contributed by atoms with E-state index in [1.165, 1.54) is 44.2 Å². The molecule has 100 valence electrons. The molecule has 0 amide bonds. The SMILES string of the molecule is CCN(Cc1ccc(F)cc1N)C1CCCCC1. The van der Waals surface area contributed by atoms with E-state index in [0.29, 0.717) is 11.7 Å². The maximum Gasteiger partial charge on any atom is 0.125 e. The van der Waals surface area contributed by atoms with Crippen molar-refractivity contribution in [3.63, 3.8) is 0 Å². The third-order valence-electron chi connectivity index (χ3n) is 3.98. The predicted molar refractivity (Wildman–Crippen MR) is 73.8 cm³/mol. The molecule has 1 fully saturated rings.